The number of aromatic nitrogens is 1. The minimum atomic E-state index is 0. The van der Waals surface area contributed by atoms with Crippen LogP contribution in [-0.2, 0) is 6.54 Å². The molecule has 5 nitrogen and oxygen atoms in total. The lowest BCUT2D eigenvalue weighted by Gasteiger charge is -2.43. The van der Waals surface area contributed by atoms with Gasteiger partial charge in [-0.2, -0.15) is 0 Å². The quantitative estimate of drug-likeness (QED) is 0.892. The first-order valence-corrected chi connectivity index (χ1v) is 9.34. The molecule has 0 amide bonds. The van der Waals surface area contributed by atoms with Gasteiger partial charge >= 0.3 is 0 Å². The molecule has 0 saturated carbocycles. The highest BCUT2D eigenvalue weighted by atomic mass is 35.5. The molecule has 0 bridgehead atoms. The zero-order valence-electron chi connectivity index (χ0n) is 14.3. The van der Waals surface area contributed by atoms with Gasteiger partial charge in [0.25, 0.3) is 0 Å². The highest BCUT2D eigenvalue weighted by Gasteiger charge is 2.28. The summed E-state index contributed by atoms with van der Waals surface area (Å²) in [6.45, 7) is 12.9. The van der Waals surface area contributed by atoms with Crippen LogP contribution in [0.1, 0.15) is 31.6 Å². The van der Waals surface area contributed by atoms with Crippen molar-refractivity contribution in [2.24, 2.45) is 0 Å². The molecule has 2 N–H and O–H groups in total. The van der Waals surface area contributed by atoms with Gasteiger partial charge in [0.2, 0.25) is 0 Å². The van der Waals surface area contributed by atoms with Crippen LogP contribution in [0.25, 0.3) is 0 Å². The standard InChI is InChI=1S/C16H29N5S.ClH/c1-13(2)20-5-3-14(4-6-20)21-9-7-19(8-10-21)12-15-11-18-16(17)22-15;/h11,13-14H,3-10,12H2,1-2H3,(H2,17,18);1H. The fraction of sp³-hybridized carbons (Fsp3) is 0.812. The molecule has 0 atom stereocenters. The smallest absolute Gasteiger partial charge is 0.180 e. The maximum Gasteiger partial charge on any atom is 0.180 e. The monoisotopic (exact) mass is 359 g/mol. The molecule has 23 heavy (non-hydrogen) atoms. The molecule has 132 valence electrons. The number of nitrogen functional groups attached to an aromatic ring is 1. The van der Waals surface area contributed by atoms with E-state index in [1.807, 2.05) is 6.20 Å². The van der Waals surface area contributed by atoms with Crippen molar-refractivity contribution in [1.82, 2.24) is 19.7 Å². The first-order valence-electron chi connectivity index (χ1n) is 8.52. The predicted molar refractivity (Wildman–Crippen MR) is 100 cm³/mol. The molecule has 2 aliphatic rings. The normalized spacial score (nSPS) is 22.4. The van der Waals surface area contributed by atoms with Crippen LogP contribution in [0.5, 0.6) is 0 Å². The number of piperazine rings is 1. The van der Waals surface area contributed by atoms with Crippen molar-refractivity contribution >= 4 is 28.9 Å². The van der Waals surface area contributed by atoms with Gasteiger partial charge in [-0.15, -0.1) is 23.7 Å². The van der Waals surface area contributed by atoms with E-state index in [1.165, 1.54) is 57.0 Å². The summed E-state index contributed by atoms with van der Waals surface area (Å²) in [6.07, 6.45) is 4.60. The molecule has 0 radical (unpaired) electrons. The molecule has 1 aromatic rings. The molecule has 3 heterocycles. The third-order valence-corrected chi connectivity index (χ3v) is 5.91. The molecule has 7 heteroatoms. The van der Waals surface area contributed by atoms with E-state index in [2.05, 4.69) is 33.5 Å². The fourth-order valence-corrected chi connectivity index (χ4v) is 4.40. The van der Waals surface area contributed by atoms with Gasteiger partial charge in [0.1, 0.15) is 0 Å². The van der Waals surface area contributed by atoms with Crippen LogP contribution in [0.2, 0.25) is 0 Å². The summed E-state index contributed by atoms with van der Waals surface area (Å²) in [7, 11) is 0. The van der Waals surface area contributed by atoms with Crippen molar-refractivity contribution in [2.45, 2.75) is 45.3 Å². The SMILES string of the molecule is CC(C)N1CCC(N2CCN(Cc3cnc(N)s3)CC2)CC1.Cl. The number of thiazole rings is 1. The van der Waals surface area contributed by atoms with Gasteiger partial charge < -0.3 is 10.6 Å². The lowest BCUT2D eigenvalue weighted by molar-refractivity contribution is 0.0499. The Morgan fingerprint density at radius 1 is 1.17 bits per heavy atom. The second kappa shape index (κ2) is 8.62. The van der Waals surface area contributed by atoms with E-state index in [1.54, 1.807) is 11.3 Å². The Kier molecular flexibility index (Phi) is 7.10. The van der Waals surface area contributed by atoms with Gasteiger partial charge in [0, 0.05) is 55.9 Å². The summed E-state index contributed by atoms with van der Waals surface area (Å²) in [4.78, 5) is 13.3. The summed E-state index contributed by atoms with van der Waals surface area (Å²) in [5.41, 5.74) is 5.71. The van der Waals surface area contributed by atoms with Gasteiger partial charge in [-0.3, -0.25) is 9.80 Å². The maximum absolute atomic E-state index is 5.71. The Bertz CT molecular complexity index is 465. The van der Waals surface area contributed by atoms with E-state index >= 15 is 0 Å². The average Bonchev–Trinajstić information content (AvgIpc) is 2.93. The van der Waals surface area contributed by atoms with Crippen LogP contribution < -0.4 is 5.73 Å². The number of anilines is 1. The topological polar surface area (TPSA) is 48.6 Å². The van der Waals surface area contributed by atoms with E-state index in [0.29, 0.717) is 11.2 Å². The van der Waals surface area contributed by atoms with Gasteiger partial charge in [0.05, 0.1) is 0 Å². The fourth-order valence-electron chi connectivity index (χ4n) is 3.67. The number of halogens is 1. The van der Waals surface area contributed by atoms with Gasteiger partial charge in [-0.1, -0.05) is 0 Å². The Balaban J connectivity index is 0.00000192. The lowest BCUT2D eigenvalue weighted by Crippen LogP contribution is -2.53. The predicted octanol–water partition coefficient (Wildman–Crippen LogP) is 2.14. The summed E-state index contributed by atoms with van der Waals surface area (Å²) < 4.78 is 0. The van der Waals surface area contributed by atoms with E-state index in [9.17, 15) is 0 Å². The van der Waals surface area contributed by atoms with Gasteiger partial charge in [0.15, 0.2) is 5.13 Å². The largest absolute Gasteiger partial charge is 0.375 e. The minimum absolute atomic E-state index is 0. The zero-order valence-corrected chi connectivity index (χ0v) is 15.9. The van der Waals surface area contributed by atoms with Gasteiger partial charge in [-0.05, 0) is 39.8 Å². The molecular weight excluding hydrogens is 330 g/mol. The van der Waals surface area contributed by atoms with Crippen molar-refractivity contribution in [2.75, 3.05) is 45.0 Å². The Hall–Kier alpha value is -0.400. The summed E-state index contributed by atoms with van der Waals surface area (Å²) in [6, 6.07) is 1.50. The first-order chi connectivity index (χ1) is 10.6. The van der Waals surface area contributed by atoms with Crippen LogP contribution in [0.3, 0.4) is 0 Å². The maximum atomic E-state index is 5.71. The third kappa shape index (κ3) is 5.03. The van der Waals surface area contributed by atoms with E-state index < -0.39 is 0 Å². The van der Waals surface area contributed by atoms with E-state index in [4.69, 9.17) is 5.73 Å². The molecular formula is C16H30ClN5S. The van der Waals surface area contributed by atoms with Crippen molar-refractivity contribution in [3.63, 3.8) is 0 Å². The minimum Gasteiger partial charge on any atom is -0.375 e. The first kappa shape index (κ1) is 18.9. The second-order valence-electron chi connectivity index (χ2n) is 6.84. The highest BCUT2D eigenvalue weighted by Crippen LogP contribution is 2.21. The van der Waals surface area contributed by atoms with Gasteiger partial charge in [-0.25, -0.2) is 4.98 Å². The van der Waals surface area contributed by atoms with Crippen molar-refractivity contribution in [3.8, 4) is 0 Å². The van der Waals surface area contributed by atoms with Crippen LogP contribution in [-0.4, -0.2) is 71.0 Å². The molecule has 0 unspecified atom stereocenters. The molecule has 2 aliphatic heterocycles. The number of likely N-dealkylation sites (tertiary alicyclic amines) is 1. The van der Waals surface area contributed by atoms with Crippen molar-refractivity contribution in [1.29, 1.82) is 0 Å². The molecule has 0 spiro atoms. The highest BCUT2D eigenvalue weighted by molar-refractivity contribution is 7.15. The molecule has 0 aliphatic carbocycles. The summed E-state index contributed by atoms with van der Waals surface area (Å²) in [5.74, 6) is 0. The molecule has 2 fully saturated rings. The molecule has 3 rings (SSSR count). The third-order valence-electron chi connectivity index (χ3n) is 5.10. The van der Waals surface area contributed by atoms with E-state index in [0.717, 1.165) is 12.6 Å². The Morgan fingerprint density at radius 2 is 1.83 bits per heavy atom. The number of hydrogen-bond donors (Lipinski definition) is 1. The van der Waals surface area contributed by atoms with E-state index in [-0.39, 0.29) is 12.4 Å². The van der Waals surface area contributed by atoms with Crippen LogP contribution >= 0.6 is 23.7 Å². The Labute approximate surface area is 150 Å². The molecule has 2 saturated heterocycles. The number of hydrogen-bond acceptors (Lipinski definition) is 6. The number of nitrogens with two attached hydrogens (primary N) is 1. The molecule has 0 aromatic carbocycles. The summed E-state index contributed by atoms with van der Waals surface area (Å²) in [5, 5.41) is 0.686. The van der Waals surface area contributed by atoms with Crippen molar-refractivity contribution < 1.29 is 0 Å². The van der Waals surface area contributed by atoms with Crippen molar-refractivity contribution in [3.05, 3.63) is 11.1 Å². The lowest BCUT2D eigenvalue weighted by atomic mass is 10.0. The summed E-state index contributed by atoms with van der Waals surface area (Å²) >= 11 is 1.62. The number of nitrogens with zero attached hydrogens (tertiary/aromatic N) is 4. The van der Waals surface area contributed by atoms with Crippen LogP contribution in [0.4, 0.5) is 5.13 Å². The number of piperidine rings is 1. The van der Waals surface area contributed by atoms with Crippen LogP contribution in [0, 0.1) is 0 Å². The average molecular weight is 360 g/mol. The number of rotatable bonds is 4. The zero-order chi connectivity index (χ0) is 15.5. The van der Waals surface area contributed by atoms with Crippen LogP contribution in [0.15, 0.2) is 6.20 Å². The molecule has 1 aromatic heterocycles. The second-order valence-corrected chi connectivity index (χ2v) is 7.98. The Morgan fingerprint density at radius 3 is 2.35 bits per heavy atom.